The first-order valence-corrected chi connectivity index (χ1v) is 6.42. The predicted molar refractivity (Wildman–Crippen MR) is 62.4 cm³/mol. The smallest absolute Gasteiger partial charge is 0.410 e. The van der Waals surface area contributed by atoms with E-state index in [-0.39, 0.29) is 12.2 Å². The van der Waals surface area contributed by atoms with Crippen molar-refractivity contribution >= 4 is 6.09 Å². The van der Waals surface area contributed by atoms with Crippen molar-refractivity contribution in [1.29, 1.82) is 0 Å². The molecule has 0 saturated carbocycles. The van der Waals surface area contributed by atoms with Crippen LogP contribution in [0.4, 0.5) is 4.79 Å². The van der Waals surface area contributed by atoms with Crippen molar-refractivity contribution < 1.29 is 9.53 Å². The Kier molecular flexibility index (Phi) is 3.69. The van der Waals surface area contributed by atoms with E-state index < -0.39 is 0 Å². The van der Waals surface area contributed by atoms with Gasteiger partial charge >= 0.3 is 6.09 Å². The van der Waals surface area contributed by atoms with Gasteiger partial charge in [-0.1, -0.05) is 0 Å². The summed E-state index contributed by atoms with van der Waals surface area (Å²) >= 11 is 0. The van der Waals surface area contributed by atoms with Crippen molar-refractivity contribution in [3.63, 3.8) is 0 Å². The van der Waals surface area contributed by atoms with Crippen LogP contribution in [0.1, 0.15) is 26.7 Å². The molecule has 3 aliphatic rings. The summed E-state index contributed by atoms with van der Waals surface area (Å²) in [7, 11) is 0. The van der Waals surface area contributed by atoms with Crippen molar-refractivity contribution in [2.75, 3.05) is 32.7 Å². The summed E-state index contributed by atoms with van der Waals surface area (Å²) in [6.07, 6.45) is 2.38. The van der Waals surface area contributed by atoms with Crippen molar-refractivity contribution in [3.8, 4) is 0 Å². The average Bonchev–Trinajstić information content (AvgIpc) is 2.32. The molecule has 1 amide bonds. The van der Waals surface area contributed by atoms with E-state index in [9.17, 15) is 4.79 Å². The maximum atomic E-state index is 11.8. The second-order valence-electron chi connectivity index (χ2n) is 4.73. The third-order valence-electron chi connectivity index (χ3n) is 3.87. The Balaban J connectivity index is 1.87. The molecule has 3 fully saturated rings. The van der Waals surface area contributed by atoms with Crippen LogP contribution in [-0.2, 0) is 4.74 Å². The molecule has 16 heavy (non-hydrogen) atoms. The van der Waals surface area contributed by atoms with Crippen LogP contribution in [0, 0.1) is 5.92 Å². The Morgan fingerprint density at radius 3 is 2.38 bits per heavy atom. The van der Waals surface area contributed by atoms with Crippen molar-refractivity contribution in [3.05, 3.63) is 0 Å². The summed E-state index contributed by atoms with van der Waals surface area (Å²) in [6, 6.07) is 0. The van der Waals surface area contributed by atoms with Crippen LogP contribution in [-0.4, -0.2) is 54.7 Å². The lowest BCUT2D eigenvalue weighted by Gasteiger charge is -2.44. The van der Waals surface area contributed by atoms with E-state index in [0.717, 1.165) is 19.6 Å². The SMILES string of the molecule is CCN(CC)C(=O)O[C@@H]1CN2CCC1CC2. The largest absolute Gasteiger partial charge is 0.444 e. The number of carbonyl (C=O) groups is 1. The van der Waals surface area contributed by atoms with Crippen LogP contribution in [0.5, 0.6) is 0 Å². The number of carbonyl (C=O) groups excluding carboxylic acids is 1. The van der Waals surface area contributed by atoms with Gasteiger partial charge in [0.1, 0.15) is 6.10 Å². The molecule has 1 atom stereocenters. The van der Waals surface area contributed by atoms with Gasteiger partial charge in [-0.25, -0.2) is 4.79 Å². The van der Waals surface area contributed by atoms with Gasteiger partial charge in [0.25, 0.3) is 0 Å². The highest BCUT2D eigenvalue weighted by molar-refractivity contribution is 5.67. The minimum atomic E-state index is -0.135. The molecule has 0 unspecified atom stereocenters. The van der Waals surface area contributed by atoms with E-state index in [1.165, 1.54) is 25.9 Å². The van der Waals surface area contributed by atoms with Crippen LogP contribution in [0.3, 0.4) is 0 Å². The molecule has 0 spiro atoms. The Morgan fingerprint density at radius 2 is 1.94 bits per heavy atom. The standard InChI is InChI=1S/C12H22N2O2/c1-3-14(4-2)12(15)16-11-9-13-7-5-10(11)6-8-13/h10-11H,3-9H2,1-2H3/t11-/m1/s1. The lowest BCUT2D eigenvalue weighted by atomic mass is 9.86. The van der Waals surface area contributed by atoms with E-state index >= 15 is 0 Å². The van der Waals surface area contributed by atoms with Crippen molar-refractivity contribution in [1.82, 2.24) is 9.80 Å². The molecular formula is C12H22N2O2. The third kappa shape index (κ3) is 2.32. The zero-order valence-corrected chi connectivity index (χ0v) is 10.3. The van der Waals surface area contributed by atoms with Crippen LogP contribution in [0.25, 0.3) is 0 Å². The van der Waals surface area contributed by atoms with Crippen molar-refractivity contribution in [2.24, 2.45) is 5.92 Å². The molecule has 4 nitrogen and oxygen atoms in total. The van der Waals surface area contributed by atoms with Gasteiger partial charge in [-0.15, -0.1) is 0 Å². The Labute approximate surface area is 97.5 Å². The summed E-state index contributed by atoms with van der Waals surface area (Å²) in [5.74, 6) is 0.601. The molecule has 3 aliphatic heterocycles. The minimum absolute atomic E-state index is 0.135. The minimum Gasteiger partial charge on any atom is -0.444 e. The lowest BCUT2D eigenvalue weighted by Crippen LogP contribution is -2.52. The predicted octanol–water partition coefficient (Wildman–Crippen LogP) is 1.56. The molecule has 0 aromatic rings. The van der Waals surface area contributed by atoms with Gasteiger partial charge in [-0.3, -0.25) is 4.90 Å². The molecule has 4 heteroatoms. The fraction of sp³-hybridized carbons (Fsp3) is 0.917. The molecule has 3 saturated heterocycles. The van der Waals surface area contributed by atoms with Crippen molar-refractivity contribution in [2.45, 2.75) is 32.8 Å². The number of amides is 1. The molecule has 0 aromatic carbocycles. The van der Waals surface area contributed by atoms with Gasteiger partial charge in [0.05, 0.1) is 0 Å². The number of piperidine rings is 3. The average molecular weight is 226 g/mol. The molecule has 0 aliphatic carbocycles. The highest BCUT2D eigenvalue weighted by Crippen LogP contribution is 2.29. The van der Waals surface area contributed by atoms with Gasteiger partial charge in [-0.05, 0) is 45.7 Å². The van der Waals surface area contributed by atoms with Gasteiger partial charge < -0.3 is 9.64 Å². The van der Waals surface area contributed by atoms with Gasteiger partial charge in [-0.2, -0.15) is 0 Å². The number of fused-ring (bicyclic) bond motifs is 3. The Morgan fingerprint density at radius 1 is 1.31 bits per heavy atom. The first kappa shape index (κ1) is 11.7. The third-order valence-corrected chi connectivity index (χ3v) is 3.87. The van der Waals surface area contributed by atoms with E-state index in [0.29, 0.717) is 5.92 Å². The Hall–Kier alpha value is -0.770. The topological polar surface area (TPSA) is 32.8 Å². The number of rotatable bonds is 3. The number of nitrogens with zero attached hydrogens (tertiary/aromatic N) is 2. The number of hydrogen-bond donors (Lipinski definition) is 0. The fourth-order valence-electron chi connectivity index (χ4n) is 2.73. The van der Waals surface area contributed by atoms with Crippen LogP contribution in [0.15, 0.2) is 0 Å². The fourth-order valence-corrected chi connectivity index (χ4v) is 2.73. The number of ether oxygens (including phenoxy) is 1. The maximum absolute atomic E-state index is 11.8. The second-order valence-corrected chi connectivity index (χ2v) is 4.73. The molecule has 3 rings (SSSR count). The summed E-state index contributed by atoms with van der Waals surface area (Å²) in [5.41, 5.74) is 0. The molecule has 0 N–H and O–H groups in total. The number of hydrogen-bond acceptors (Lipinski definition) is 3. The zero-order valence-electron chi connectivity index (χ0n) is 10.3. The quantitative estimate of drug-likeness (QED) is 0.732. The van der Waals surface area contributed by atoms with Gasteiger partial charge in [0, 0.05) is 19.6 Å². The highest BCUT2D eigenvalue weighted by Gasteiger charge is 2.36. The molecule has 92 valence electrons. The van der Waals surface area contributed by atoms with E-state index in [4.69, 9.17) is 4.74 Å². The zero-order chi connectivity index (χ0) is 11.5. The normalized spacial score (nSPS) is 32.5. The van der Waals surface area contributed by atoms with Crippen LogP contribution in [0.2, 0.25) is 0 Å². The monoisotopic (exact) mass is 226 g/mol. The van der Waals surface area contributed by atoms with E-state index in [1.54, 1.807) is 4.90 Å². The summed E-state index contributed by atoms with van der Waals surface area (Å²) < 4.78 is 5.61. The molecule has 0 aromatic heterocycles. The van der Waals surface area contributed by atoms with Crippen LogP contribution >= 0.6 is 0 Å². The van der Waals surface area contributed by atoms with E-state index in [1.807, 2.05) is 13.8 Å². The van der Waals surface area contributed by atoms with E-state index in [2.05, 4.69) is 4.90 Å². The maximum Gasteiger partial charge on any atom is 0.410 e. The highest BCUT2D eigenvalue weighted by atomic mass is 16.6. The summed E-state index contributed by atoms with van der Waals surface area (Å²) in [6.45, 7) is 8.75. The molecular weight excluding hydrogens is 204 g/mol. The Bertz CT molecular complexity index is 245. The van der Waals surface area contributed by atoms with Crippen LogP contribution < -0.4 is 0 Å². The summed E-state index contributed by atoms with van der Waals surface area (Å²) in [4.78, 5) is 16.0. The first-order valence-electron chi connectivity index (χ1n) is 6.42. The van der Waals surface area contributed by atoms with Gasteiger partial charge in [0.2, 0.25) is 0 Å². The second kappa shape index (κ2) is 5.04. The first-order chi connectivity index (χ1) is 7.74. The lowest BCUT2D eigenvalue weighted by molar-refractivity contribution is -0.0429. The van der Waals surface area contributed by atoms with Gasteiger partial charge in [0.15, 0.2) is 0 Å². The molecule has 2 bridgehead atoms. The molecule has 0 radical (unpaired) electrons. The molecule has 3 heterocycles. The summed E-state index contributed by atoms with van der Waals surface area (Å²) in [5, 5.41) is 0.